The van der Waals surface area contributed by atoms with E-state index in [1.54, 1.807) is 7.11 Å². The Morgan fingerprint density at radius 2 is 1.71 bits per heavy atom. The molecule has 0 aromatic rings. The first kappa shape index (κ1) is 20.8. The van der Waals surface area contributed by atoms with Crippen LogP contribution in [0, 0.1) is 11.8 Å². The Balaban J connectivity index is 4.66. The summed E-state index contributed by atoms with van der Waals surface area (Å²) in [6, 6.07) is 0. The van der Waals surface area contributed by atoms with E-state index in [9.17, 15) is 4.79 Å². The monoisotopic (exact) mass is 318 g/mol. The van der Waals surface area contributed by atoms with E-state index in [1.807, 2.05) is 6.92 Å². The van der Waals surface area contributed by atoms with Crippen molar-refractivity contribution >= 4 is 14.6 Å². The number of aldehydes is 1. The van der Waals surface area contributed by atoms with Crippen molar-refractivity contribution in [3.8, 4) is 0 Å². The molecule has 0 radical (unpaired) electrons. The third-order valence-corrected chi connectivity index (χ3v) is 8.98. The molecule has 0 N–H and O–H groups in total. The van der Waals surface area contributed by atoms with Gasteiger partial charge in [0.25, 0.3) is 0 Å². The first-order valence-corrected chi connectivity index (χ1v) is 10.7. The van der Waals surface area contributed by atoms with E-state index < -0.39 is 8.32 Å². The van der Waals surface area contributed by atoms with E-state index in [0.717, 1.165) is 6.29 Å². The second-order valence-electron chi connectivity index (χ2n) is 7.47. The van der Waals surface area contributed by atoms with Crippen molar-refractivity contribution in [3.05, 3.63) is 0 Å². The standard InChI is InChI=1S/C16H34O4Si/c1-13(9-10-17)15(19-12-18-6)14(2)11-20-21(7,8)16(3,4)5/h10,13-15H,9,11-12H2,1-8H3/t13-,14+,15-/m1/s1. The van der Waals surface area contributed by atoms with Crippen LogP contribution in [-0.2, 0) is 18.7 Å². The van der Waals surface area contributed by atoms with Crippen LogP contribution in [0.25, 0.3) is 0 Å². The molecule has 21 heavy (non-hydrogen) atoms. The van der Waals surface area contributed by atoms with E-state index in [2.05, 4.69) is 40.8 Å². The quantitative estimate of drug-likeness (QED) is 0.348. The molecule has 0 fully saturated rings. The number of carbonyl (C=O) groups excluding carboxylic acids is 1. The maximum Gasteiger partial charge on any atom is 0.191 e. The number of ether oxygens (including phenoxy) is 2. The van der Waals surface area contributed by atoms with Crippen LogP contribution < -0.4 is 0 Å². The van der Waals surface area contributed by atoms with Crippen LogP contribution in [0.4, 0.5) is 0 Å². The Hall–Kier alpha value is -0.233. The Labute approximate surface area is 131 Å². The van der Waals surface area contributed by atoms with Gasteiger partial charge in [0.15, 0.2) is 8.32 Å². The lowest BCUT2D eigenvalue weighted by Crippen LogP contribution is -2.43. The number of carbonyl (C=O) groups is 1. The molecule has 0 spiro atoms. The van der Waals surface area contributed by atoms with Crippen molar-refractivity contribution in [1.82, 2.24) is 0 Å². The number of methoxy groups -OCH3 is 1. The van der Waals surface area contributed by atoms with Crippen LogP contribution in [0.3, 0.4) is 0 Å². The van der Waals surface area contributed by atoms with Gasteiger partial charge >= 0.3 is 0 Å². The first-order chi connectivity index (χ1) is 9.56. The molecule has 0 saturated heterocycles. The second-order valence-corrected chi connectivity index (χ2v) is 12.3. The lowest BCUT2D eigenvalue weighted by molar-refractivity contribution is -0.122. The Morgan fingerprint density at radius 1 is 1.14 bits per heavy atom. The fraction of sp³-hybridized carbons (Fsp3) is 0.938. The molecule has 0 amide bonds. The molecule has 0 bridgehead atoms. The third-order valence-electron chi connectivity index (χ3n) is 4.48. The minimum Gasteiger partial charge on any atom is -0.416 e. The van der Waals surface area contributed by atoms with Crippen LogP contribution in [0.15, 0.2) is 0 Å². The van der Waals surface area contributed by atoms with Crippen molar-refractivity contribution < 1.29 is 18.7 Å². The molecule has 0 aromatic heterocycles. The lowest BCUT2D eigenvalue weighted by Gasteiger charge is -2.38. The average Bonchev–Trinajstić information content (AvgIpc) is 2.36. The summed E-state index contributed by atoms with van der Waals surface area (Å²) in [5.74, 6) is 0.389. The zero-order valence-corrected chi connectivity index (χ0v) is 16.1. The normalized spacial score (nSPS) is 17.3. The summed E-state index contributed by atoms with van der Waals surface area (Å²) in [6.45, 7) is 16.3. The van der Waals surface area contributed by atoms with E-state index in [1.165, 1.54) is 0 Å². The van der Waals surface area contributed by atoms with Gasteiger partial charge in [-0.1, -0.05) is 34.6 Å². The van der Waals surface area contributed by atoms with Gasteiger partial charge in [0.2, 0.25) is 0 Å². The summed E-state index contributed by atoms with van der Waals surface area (Å²) in [6.07, 6.45) is 1.42. The van der Waals surface area contributed by atoms with Gasteiger partial charge in [0.05, 0.1) is 6.10 Å². The predicted octanol–water partition coefficient (Wildman–Crippen LogP) is 3.86. The van der Waals surface area contributed by atoms with E-state index >= 15 is 0 Å². The summed E-state index contributed by atoms with van der Waals surface area (Å²) in [4.78, 5) is 10.8. The summed E-state index contributed by atoms with van der Waals surface area (Å²) in [7, 11) is -0.145. The largest absolute Gasteiger partial charge is 0.416 e. The summed E-state index contributed by atoms with van der Waals surface area (Å²) < 4.78 is 17.1. The van der Waals surface area contributed by atoms with Crippen LogP contribution >= 0.6 is 0 Å². The van der Waals surface area contributed by atoms with Crippen LogP contribution in [0.1, 0.15) is 41.0 Å². The molecule has 126 valence electrons. The molecular weight excluding hydrogens is 284 g/mol. The first-order valence-electron chi connectivity index (χ1n) is 7.75. The zero-order chi connectivity index (χ0) is 16.7. The summed E-state index contributed by atoms with van der Waals surface area (Å²) >= 11 is 0. The SMILES string of the molecule is COCO[C@H]([C@H](C)CC=O)[C@@H](C)CO[Si](C)(C)C(C)(C)C. The molecule has 0 unspecified atom stereocenters. The van der Waals surface area contributed by atoms with Gasteiger partial charge in [-0.2, -0.15) is 0 Å². The van der Waals surface area contributed by atoms with Crippen molar-refractivity contribution in [2.75, 3.05) is 20.5 Å². The highest BCUT2D eigenvalue weighted by atomic mass is 28.4. The molecular formula is C16H34O4Si. The van der Waals surface area contributed by atoms with Gasteiger partial charge in [-0.05, 0) is 24.1 Å². The fourth-order valence-electron chi connectivity index (χ4n) is 1.97. The molecule has 3 atom stereocenters. The number of hydrogen-bond acceptors (Lipinski definition) is 4. The van der Waals surface area contributed by atoms with E-state index in [4.69, 9.17) is 13.9 Å². The van der Waals surface area contributed by atoms with Crippen molar-refractivity contribution in [2.45, 2.75) is 65.3 Å². The van der Waals surface area contributed by atoms with Crippen LogP contribution in [0.2, 0.25) is 18.1 Å². The predicted molar refractivity (Wildman–Crippen MR) is 88.9 cm³/mol. The van der Waals surface area contributed by atoms with Crippen molar-refractivity contribution in [1.29, 1.82) is 0 Å². The van der Waals surface area contributed by atoms with Crippen molar-refractivity contribution in [2.24, 2.45) is 11.8 Å². The summed E-state index contributed by atoms with van der Waals surface area (Å²) in [5.41, 5.74) is 0. The molecule has 0 saturated carbocycles. The highest BCUT2D eigenvalue weighted by molar-refractivity contribution is 6.74. The topological polar surface area (TPSA) is 44.8 Å². The van der Waals surface area contributed by atoms with Gasteiger partial charge in [0.1, 0.15) is 13.1 Å². The van der Waals surface area contributed by atoms with Gasteiger partial charge in [0, 0.05) is 26.1 Å². The molecule has 0 aliphatic heterocycles. The molecule has 0 aromatic carbocycles. The Kier molecular flexibility index (Phi) is 8.93. The highest BCUT2D eigenvalue weighted by Gasteiger charge is 2.38. The summed E-state index contributed by atoms with van der Waals surface area (Å²) in [5, 5.41) is 0.198. The Morgan fingerprint density at radius 3 is 2.14 bits per heavy atom. The highest BCUT2D eigenvalue weighted by Crippen LogP contribution is 2.37. The minimum absolute atomic E-state index is 0.0279. The lowest BCUT2D eigenvalue weighted by atomic mass is 9.92. The molecule has 5 heteroatoms. The van der Waals surface area contributed by atoms with Gasteiger partial charge < -0.3 is 18.7 Å². The molecule has 0 rings (SSSR count). The second kappa shape index (κ2) is 9.03. The van der Waals surface area contributed by atoms with Gasteiger partial charge in [-0.3, -0.25) is 0 Å². The van der Waals surface area contributed by atoms with Gasteiger partial charge in [-0.25, -0.2) is 0 Å². The molecule has 0 heterocycles. The van der Waals surface area contributed by atoms with Crippen LogP contribution in [0.5, 0.6) is 0 Å². The number of hydrogen-bond donors (Lipinski definition) is 0. The average molecular weight is 319 g/mol. The fourth-order valence-corrected chi connectivity index (χ4v) is 3.09. The number of rotatable bonds is 10. The zero-order valence-electron chi connectivity index (χ0n) is 15.1. The van der Waals surface area contributed by atoms with Crippen LogP contribution in [-0.4, -0.2) is 41.2 Å². The molecule has 4 nitrogen and oxygen atoms in total. The van der Waals surface area contributed by atoms with E-state index in [0.29, 0.717) is 13.0 Å². The molecule has 0 aliphatic rings. The maximum atomic E-state index is 10.8. The van der Waals surface area contributed by atoms with Crippen molar-refractivity contribution in [3.63, 3.8) is 0 Å². The Bertz CT molecular complexity index is 299. The third kappa shape index (κ3) is 7.04. The minimum atomic E-state index is -1.75. The maximum absolute atomic E-state index is 10.8. The van der Waals surface area contributed by atoms with E-state index in [-0.39, 0.29) is 29.8 Å². The smallest absolute Gasteiger partial charge is 0.191 e. The molecule has 0 aliphatic carbocycles. The van der Waals surface area contributed by atoms with Gasteiger partial charge in [-0.15, -0.1) is 0 Å².